The molecule has 0 spiro atoms. The number of aromatic nitrogens is 1. The molecule has 0 aliphatic heterocycles. The number of nitrogens with zero attached hydrogens (tertiary/aromatic N) is 2. The summed E-state index contributed by atoms with van der Waals surface area (Å²) in [6, 6.07) is 5.57. The predicted molar refractivity (Wildman–Crippen MR) is 86.2 cm³/mol. The Morgan fingerprint density at radius 3 is 2.80 bits per heavy atom. The van der Waals surface area contributed by atoms with E-state index in [0.29, 0.717) is 6.04 Å². The van der Waals surface area contributed by atoms with Gasteiger partial charge in [-0.25, -0.2) is 4.98 Å². The Morgan fingerprint density at radius 1 is 1.35 bits per heavy atom. The Morgan fingerprint density at radius 2 is 2.15 bits per heavy atom. The van der Waals surface area contributed by atoms with Crippen molar-refractivity contribution in [2.75, 3.05) is 18.0 Å². The second-order valence-electron chi connectivity index (χ2n) is 5.90. The molecule has 2 rings (SSSR count). The molecule has 0 bridgehead atoms. The first-order valence-corrected chi connectivity index (χ1v) is 8.22. The van der Waals surface area contributed by atoms with E-state index in [0.717, 1.165) is 19.1 Å². The number of hydrogen-bond acceptors (Lipinski definition) is 3. The first kappa shape index (κ1) is 15.3. The normalized spacial score (nSPS) is 16.1. The quantitative estimate of drug-likeness (QED) is 0.740. The number of nitrogens with one attached hydrogen (secondary N) is 1. The van der Waals surface area contributed by atoms with E-state index in [9.17, 15) is 0 Å². The molecule has 112 valence electrons. The van der Waals surface area contributed by atoms with Crippen LogP contribution in [0.15, 0.2) is 18.3 Å². The third kappa shape index (κ3) is 4.20. The minimum Gasteiger partial charge on any atom is -0.354 e. The Hall–Kier alpha value is -1.09. The summed E-state index contributed by atoms with van der Waals surface area (Å²) in [5.74, 6) is 1.17. The molecule has 1 aliphatic carbocycles. The van der Waals surface area contributed by atoms with E-state index in [1.54, 1.807) is 0 Å². The van der Waals surface area contributed by atoms with Crippen LogP contribution in [0.2, 0.25) is 0 Å². The fourth-order valence-electron chi connectivity index (χ4n) is 2.54. The first-order chi connectivity index (χ1) is 9.76. The highest BCUT2D eigenvalue weighted by molar-refractivity contribution is 5.44. The van der Waals surface area contributed by atoms with Gasteiger partial charge in [-0.2, -0.15) is 0 Å². The zero-order valence-electron chi connectivity index (χ0n) is 13.2. The van der Waals surface area contributed by atoms with Gasteiger partial charge in [-0.1, -0.05) is 20.3 Å². The fraction of sp³-hybridized carbons (Fsp3) is 0.706. The van der Waals surface area contributed by atoms with E-state index in [4.69, 9.17) is 0 Å². The van der Waals surface area contributed by atoms with Crippen LogP contribution in [0.3, 0.4) is 0 Å². The highest BCUT2D eigenvalue weighted by Crippen LogP contribution is 2.31. The molecule has 0 saturated heterocycles. The molecule has 0 aromatic carbocycles. The molecular formula is C17H29N3. The molecule has 3 heteroatoms. The Kier molecular flexibility index (Phi) is 5.84. The second-order valence-corrected chi connectivity index (χ2v) is 5.90. The van der Waals surface area contributed by atoms with Gasteiger partial charge in [0, 0.05) is 24.8 Å². The van der Waals surface area contributed by atoms with Gasteiger partial charge >= 0.3 is 0 Å². The largest absolute Gasteiger partial charge is 0.354 e. The zero-order valence-corrected chi connectivity index (χ0v) is 13.2. The van der Waals surface area contributed by atoms with E-state index in [1.807, 2.05) is 6.20 Å². The molecule has 1 fully saturated rings. The smallest absolute Gasteiger partial charge is 0.129 e. The molecule has 1 heterocycles. The lowest BCUT2D eigenvalue weighted by Gasteiger charge is -2.24. The molecule has 1 aromatic heterocycles. The summed E-state index contributed by atoms with van der Waals surface area (Å²) < 4.78 is 0. The van der Waals surface area contributed by atoms with Crippen LogP contribution >= 0.6 is 0 Å². The Bertz CT molecular complexity index is 401. The average Bonchev–Trinajstić information content (AvgIpc) is 3.30. The van der Waals surface area contributed by atoms with Gasteiger partial charge in [-0.3, -0.25) is 0 Å². The second kappa shape index (κ2) is 7.63. The summed E-state index contributed by atoms with van der Waals surface area (Å²) in [4.78, 5) is 7.13. The number of anilines is 1. The van der Waals surface area contributed by atoms with Crippen LogP contribution in [-0.2, 0) is 0 Å². The summed E-state index contributed by atoms with van der Waals surface area (Å²) >= 11 is 0. The van der Waals surface area contributed by atoms with Gasteiger partial charge in [-0.15, -0.1) is 0 Å². The summed E-state index contributed by atoms with van der Waals surface area (Å²) in [6.07, 6.45) is 8.31. The lowest BCUT2D eigenvalue weighted by atomic mass is 10.1. The van der Waals surface area contributed by atoms with Gasteiger partial charge in [0.25, 0.3) is 0 Å². The first-order valence-electron chi connectivity index (χ1n) is 8.22. The van der Waals surface area contributed by atoms with Crippen molar-refractivity contribution >= 4 is 5.82 Å². The Labute approximate surface area is 123 Å². The molecule has 1 aliphatic rings. The van der Waals surface area contributed by atoms with Gasteiger partial charge in [0.05, 0.1) is 0 Å². The molecule has 1 unspecified atom stereocenters. The summed E-state index contributed by atoms with van der Waals surface area (Å²) in [5, 5.41) is 3.56. The van der Waals surface area contributed by atoms with E-state index >= 15 is 0 Å². The van der Waals surface area contributed by atoms with Crippen LogP contribution in [0.1, 0.15) is 64.5 Å². The van der Waals surface area contributed by atoms with Crippen molar-refractivity contribution in [3.8, 4) is 0 Å². The summed E-state index contributed by atoms with van der Waals surface area (Å²) in [5.41, 5.74) is 1.35. The summed E-state index contributed by atoms with van der Waals surface area (Å²) in [6.45, 7) is 8.92. The van der Waals surface area contributed by atoms with Crippen molar-refractivity contribution in [2.45, 2.75) is 65.0 Å². The van der Waals surface area contributed by atoms with E-state index in [2.05, 4.69) is 48.1 Å². The van der Waals surface area contributed by atoms with E-state index in [1.165, 1.54) is 43.5 Å². The van der Waals surface area contributed by atoms with Crippen LogP contribution in [0.4, 0.5) is 5.82 Å². The van der Waals surface area contributed by atoms with E-state index in [-0.39, 0.29) is 0 Å². The maximum atomic E-state index is 4.61. The topological polar surface area (TPSA) is 28.2 Å². The molecule has 0 radical (unpaired) electrons. The lowest BCUT2D eigenvalue weighted by molar-refractivity contribution is 0.569. The minimum atomic E-state index is 0.406. The van der Waals surface area contributed by atoms with Crippen LogP contribution < -0.4 is 10.2 Å². The molecule has 1 aromatic rings. The third-order valence-corrected chi connectivity index (χ3v) is 4.00. The van der Waals surface area contributed by atoms with Crippen LogP contribution in [0.5, 0.6) is 0 Å². The molecule has 1 N–H and O–H groups in total. The maximum Gasteiger partial charge on any atom is 0.129 e. The van der Waals surface area contributed by atoms with Crippen molar-refractivity contribution in [2.24, 2.45) is 0 Å². The molecule has 0 amide bonds. The van der Waals surface area contributed by atoms with Crippen molar-refractivity contribution in [3.05, 3.63) is 23.9 Å². The molecule has 1 atom stereocenters. The number of unbranched alkanes of at least 4 members (excludes halogenated alkanes) is 1. The van der Waals surface area contributed by atoms with Gasteiger partial charge in [0.2, 0.25) is 0 Å². The fourth-order valence-corrected chi connectivity index (χ4v) is 2.54. The van der Waals surface area contributed by atoms with E-state index < -0.39 is 0 Å². The highest BCUT2D eigenvalue weighted by Gasteiger charge is 2.29. The minimum absolute atomic E-state index is 0.406. The van der Waals surface area contributed by atoms with Crippen molar-refractivity contribution in [3.63, 3.8) is 0 Å². The molecular weight excluding hydrogens is 246 g/mol. The van der Waals surface area contributed by atoms with Gasteiger partial charge in [0.15, 0.2) is 0 Å². The number of hydrogen-bond donors (Lipinski definition) is 1. The maximum absolute atomic E-state index is 4.61. The molecule has 1 saturated carbocycles. The number of pyridine rings is 1. The lowest BCUT2D eigenvalue weighted by Crippen LogP contribution is -2.28. The highest BCUT2D eigenvalue weighted by atomic mass is 15.2. The van der Waals surface area contributed by atoms with Crippen LogP contribution in [-0.4, -0.2) is 24.1 Å². The summed E-state index contributed by atoms with van der Waals surface area (Å²) in [7, 11) is 0. The van der Waals surface area contributed by atoms with Crippen molar-refractivity contribution in [1.29, 1.82) is 0 Å². The zero-order chi connectivity index (χ0) is 14.4. The third-order valence-electron chi connectivity index (χ3n) is 4.00. The van der Waals surface area contributed by atoms with Crippen LogP contribution in [0, 0.1) is 0 Å². The van der Waals surface area contributed by atoms with Crippen molar-refractivity contribution in [1.82, 2.24) is 10.3 Å². The van der Waals surface area contributed by atoms with Crippen LogP contribution in [0.25, 0.3) is 0 Å². The standard InChI is InChI=1S/C17H29N3/c1-4-6-12-20(16-7-8-16)17-13-15(9-11-19-17)14(3)18-10-5-2/h9,11,13-14,16,18H,4-8,10,12H2,1-3H3. The predicted octanol–water partition coefficient (Wildman–Crippen LogP) is 3.91. The monoisotopic (exact) mass is 275 g/mol. The SMILES string of the molecule is CCCCN(c1cc(C(C)NCCC)ccn1)C1CC1. The number of rotatable bonds is 9. The van der Waals surface area contributed by atoms with Gasteiger partial charge < -0.3 is 10.2 Å². The Balaban J connectivity index is 2.06. The van der Waals surface area contributed by atoms with Crippen molar-refractivity contribution < 1.29 is 0 Å². The molecule has 20 heavy (non-hydrogen) atoms. The van der Waals surface area contributed by atoms with Gasteiger partial charge in [-0.05, 0) is 56.8 Å². The average molecular weight is 275 g/mol. The molecule has 3 nitrogen and oxygen atoms in total. The van der Waals surface area contributed by atoms with Gasteiger partial charge in [0.1, 0.15) is 5.82 Å².